The quantitative estimate of drug-likeness (QED) is 0.367. The van der Waals surface area contributed by atoms with E-state index in [0.717, 1.165) is 50.2 Å². The Labute approximate surface area is 175 Å². The van der Waals surface area contributed by atoms with Crippen molar-refractivity contribution in [2.75, 3.05) is 6.61 Å². The summed E-state index contributed by atoms with van der Waals surface area (Å²) in [4.78, 5) is 6.27. The van der Waals surface area contributed by atoms with Gasteiger partial charge in [-0.2, -0.15) is 0 Å². The van der Waals surface area contributed by atoms with Crippen LogP contribution in [0.15, 0.2) is 57.3 Å². The Hall–Kier alpha value is -2.85. The Bertz CT molecular complexity index is 1250. The van der Waals surface area contributed by atoms with E-state index in [9.17, 15) is 0 Å². The number of nitrogens with zero attached hydrogens (tertiary/aromatic N) is 1. The summed E-state index contributed by atoms with van der Waals surface area (Å²) in [6.07, 6.45) is 0. The number of rotatable bonds is 4. The molecule has 0 amide bonds. The number of fused-ring (bicyclic) bond motifs is 1. The van der Waals surface area contributed by atoms with Crippen LogP contribution >= 0.6 is 11.3 Å². The number of aryl methyl sites for hydroxylation is 4. The highest BCUT2D eigenvalue weighted by Crippen LogP contribution is 2.35. The predicted octanol–water partition coefficient (Wildman–Crippen LogP) is 7.03. The first kappa shape index (κ1) is 19.5. The molecule has 2 aromatic heterocycles. The minimum atomic E-state index is 0.593. The van der Waals surface area contributed by atoms with Gasteiger partial charge in [0.05, 0.1) is 28.4 Å². The molecule has 3 nitrogen and oxygen atoms in total. The molecule has 0 aliphatic rings. The van der Waals surface area contributed by atoms with E-state index in [-0.39, 0.29) is 0 Å². The largest absolute Gasteiger partial charge is 0.493 e. The van der Waals surface area contributed by atoms with Crippen molar-refractivity contribution in [2.45, 2.75) is 34.6 Å². The van der Waals surface area contributed by atoms with Gasteiger partial charge in [0, 0.05) is 4.88 Å². The fraction of sp³-hybridized carbons (Fsp3) is 0.240. The average molecular weight is 404 g/mol. The van der Waals surface area contributed by atoms with Crippen molar-refractivity contribution in [3.05, 3.63) is 75.8 Å². The summed E-state index contributed by atoms with van der Waals surface area (Å²) in [5, 5.41) is 5.00. The smallest absolute Gasteiger partial charge is 0.131 e. The van der Waals surface area contributed by atoms with Gasteiger partial charge < -0.3 is 9.15 Å². The number of thiophene rings is 1. The molecule has 2 heterocycles. The van der Waals surface area contributed by atoms with Crippen molar-refractivity contribution in [3.63, 3.8) is 0 Å². The van der Waals surface area contributed by atoms with Gasteiger partial charge in [-0.3, -0.25) is 0 Å². The number of benzene rings is 1. The van der Waals surface area contributed by atoms with Crippen molar-refractivity contribution in [2.24, 2.45) is 4.99 Å². The van der Waals surface area contributed by atoms with Crippen LogP contribution in [0.1, 0.15) is 29.6 Å². The van der Waals surface area contributed by atoms with E-state index in [1.165, 1.54) is 10.4 Å². The van der Waals surface area contributed by atoms with E-state index in [4.69, 9.17) is 14.1 Å². The molecule has 4 aromatic rings. The van der Waals surface area contributed by atoms with Crippen LogP contribution in [-0.4, -0.2) is 6.61 Å². The monoisotopic (exact) mass is 403 g/mol. The van der Waals surface area contributed by atoms with Crippen molar-refractivity contribution >= 4 is 27.8 Å². The van der Waals surface area contributed by atoms with Crippen molar-refractivity contribution < 1.29 is 9.15 Å². The SMILES string of the molecule is CCOc1cc(-c2cccs2)cc(=Nc2ccc(C)cc2C)c2c(C)oc(C)c12. The molecule has 0 fully saturated rings. The summed E-state index contributed by atoms with van der Waals surface area (Å²) < 4.78 is 12.1. The molecule has 0 saturated heterocycles. The molecule has 29 heavy (non-hydrogen) atoms. The minimum absolute atomic E-state index is 0.593. The van der Waals surface area contributed by atoms with E-state index >= 15 is 0 Å². The molecule has 4 heteroatoms. The van der Waals surface area contributed by atoms with Crippen LogP contribution in [0.3, 0.4) is 0 Å². The van der Waals surface area contributed by atoms with Gasteiger partial charge in [-0.25, -0.2) is 4.99 Å². The first-order valence-corrected chi connectivity index (χ1v) is 10.7. The van der Waals surface area contributed by atoms with Crippen LogP contribution in [0.2, 0.25) is 0 Å². The lowest BCUT2D eigenvalue weighted by molar-refractivity contribution is 0.344. The van der Waals surface area contributed by atoms with Gasteiger partial charge in [-0.1, -0.05) is 23.8 Å². The summed E-state index contributed by atoms with van der Waals surface area (Å²) in [6, 6.07) is 14.8. The summed E-state index contributed by atoms with van der Waals surface area (Å²) in [5.41, 5.74) is 4.46. The molecular formula is C25H25NO2S. The lowest BCUT2D eigenvalue weighted by Gasteiger charge is -2.03. The highest BCUT2D eigenvalue weighted by molar-refractivity contribution is 7.13. The average Bonchev–Trinajstić information content (AvgIpc) is 3.26. The third-order valence-corrected chi connectivity index (χ3v) is 5.96. The molecule has 0 aliphatic carbocycles. The zero-order valence-electron chi connectivity index (χ0n) is 17.5. The van der Waals surface area contributed by atoms with Crippen LogP contribution in [0.4, 0.5) is 5.69 Å². The first-order valence-electron chi connectivity index (χ1n) is 9.84. The van der Waals surface area contributed by atoms with Gasteiger partial charge in [0.25, 0.3) is 0 Å². The summed E-state index contributed by atoms with van der Waals surface area (Å²) in [5.74, 6) is 2.55. The molecule has 0 bridgehead atoms. The van der Waals surface area contributed by atoms with Crippen molar-refractivity contribution in [3.8, 4) is 16.2 Å². The lowest BCUT2D eigenvalue weighted by Crippen LogP contribution is -2.00. The lowest BCUT2D eigenvalue weighted by atomic mass is 10.1. The Morgan fingerprint density at radius 3 is 2.45 bits per heavy atom. The number of furan rings is 1. The standard InChI is InChI=1S/C25H25NO2S/c1-6-27-22-14-19(23-8-7-11-29-23)13-21(24-17(4)28-18(5)25(22)24)26-20-10-9-15(2)12-16(20)3/h7-14H,6H2,1-5H3. The van der Waals surface area contributed by atoms with Crippen molar-refractivity contribution in [1.82, 2.24) is 0 Å². The zero-order valence-corrected chi connectivity index (χ0v) is 18.3. The maximum Gasteiger partial charge on any atom is 0.131 e. The molecular weight excluding hydrogens is 378 g/mol. The van der Waals surface area contributed by atoms with E-state index in [2.05, 4.69) is 61.7 Å². The zero-order chi connectivity index (χ0) is 20.5. The van der Waals surface area contributed by atoms with E-state index in [1.807, 2.05) is 20.8 Å². The summed E-state index contributed by atoms with van der Waals surface area (Å²) in [7, 11) is 0. The Balaban J connectivity index is 2.15. The molecule has 0 radical (unpaired) electrons. The molecule has 0 atom stereocenters. The Morgan fingerprint density at radius 2 is 1.76 bits per heavy atom. The molecule has 0 saturated carbocycles. The second kappa shape index (κ2) is 7.88. The van der Waals surface area contributed by atoms with Crippen LogP contribution < -0.4 is 10.1 Å². The molecule has 0 N–H and O–H groups in total. The number of hydrogen-bond acceptors (Lipinski definition) is 4. The molecule has 0 spiro atoms. The second-order valence-electron chi connectivity index (χ2n) is 7.27. The summed E-state index contributed by atoms with van der Waals surface area (Å²) >= 11 is 1.72. The third-order valence-electron chi connectivity index (χ3n) is 5.04. The van der Waals surface area contributed by atoms with E-state index in [1.54, 1.807) is 11.3 Å². The fourth-order valence-electron chi connectivity index (χ4n) is 3.77. The number of ether oxygens (including phenoxy) is 1. The van der Waals surface area contributed by atoms with Gasteiger partial charge in [0.1, 0.15) is 17.3 Å². The molecule has 0 aliphatic heterocycles. The molecule has 2 aromatic carbocycles. The first-order chi connectivity index (χ1) is 14.0. The van der Waals surface area contributed by atoms with Crippen LogP contribution in [-0.2, 0) is 0 Å². The van der Waals surface area contributed by atoms with Crippen molar-refractivity contribution in [1.29, 1.82) is 0 Å². The van der Waals surface area contributed by atoms with E-state index in [0.29, 0.717) is 6.61 Å². The molecule has 4 rings (SSSR count). The van der Waals surface area contributed by atoms with Gasteiger partial charge in [0.15, 0.2) is 0 Å². The van der Waals surface area contributed by atoms with E-state index < -0.39 is 0 Å². The van der Waals surface area contributed by atoms with Gasteiger partial charge in [0.2, 0.25) is 0 Å². The Kier molecular flexibility index (Phi) is 5.29. The van der Waals surface area contributed by atoms with Crippen LogP contribution in [0.5, 0.6) is 5.75 Å². The predicted molar refractivity (Wildman–Crippen MR) is 121 cm³/mol. The Morgan fingerprint density at radius 1 is 0.966 bits per heavy atom. The molecule has 0 unspecified atom stereocenters. The fourth-order valence-corrected chi connectivity index (χ4v) is 4.48. The second-order valence-corrected chi connectivity index (χ2v) is 8.22. The third kappa shape index (κ3) is 3.73. The highest BCUT2D eigenvalue weighted by atomic mass is 32.1. The van der Waals surface area contributed by atoms with Gasteiger partial charge >= 0.3 is 0 Å². The maximum atomic E-state index is 6.06. The highest BCUT2D eigenvalue weighted by Gasteiger charge is 2.16. The summed E-state index contributed by atoms with van der Waals surface area (Å²) in [6.45, 7) is 10.8. The minimum Gasteiger partial charge on any atom is -0.493 e. The molecule has 148 valence electrons. The van der Waals surface area contributed by atoms with Gasteiger partial charge in [-0.05, 0) is 75.4 Å². The topological polar surface area (TPSA) is 34.7 Å². The van der Waals surface area contributed by atoms with Gasteiger partial charge in [-0.15, -0.1) is 11.3 Å². The van der Waals surface area contributed by atoms with Crippen LogP contribution in [0.25, 0.3) is 21.2 Å². The number of hydrogen-bond donors (Lipinski definition) is 0. The normalized spacial score (nSPS) is 12.0. The maximum absolute atomic E-state index is 6.06. The van der Waals surface area contributed by atoms with Crippen LogP contribution in [0, 0.1) is 27.7 Å².